The highest BCUT2D eigenvalue weighted by atomic mass is 35.5. The fourth-order valence-corrected chi connectivity index (χ4v) is 9.92. The summed E-state index contributed by atoms with van der Waals surface area (Å²) in [5.41, 5.74) is -7.83. The summed E-state index contributed by atoms with van der Waals surface area (Å²) in [6, 6.07) is 10.0. The lowest BCUT2D eigenvalue weighted by Gasteiger charge is -2.35. The van der Waals surface area contributed by atoms with Gasteiger partial charge in [-0.15, -0.1) is 0 Å². The van der Waals surface area contributed by atoms with Gasteiger partial charge in [-0.3, -0.25) is 34.3 Å². The van der Waals surface area contributed by atoms with Gasteiger partial charge in [0.25, 0.3) is 5.69 Å². The first kappa shape index (κ1) is 62.0. The van der Waals surface area contributed by atoms with Gasteiger partial charge in [-0.1, -0.05) is 65.1 Å². The molecule has 2 amide bonds. The van der Waals surface area contributed by atoms with Gasteiger partial charge in [0.15, 0.2) is 5.78 Å². The van der Waals surface area contributed by atoms with Crippen LogP contribution >= 0.6 is 11.6 Å². The smallest absolute Gasteiger partial charge is 0.488 e. The average Bonchev–Trinajstić information content (AvgIpc) is 4.15. The monoisotopic (exact) mass is 1140 g/mol. The van der Waals surface area contributed by atoms with Gasteiger partial charge in [-0.25, -0.2) is 13.7 Å². The summed E-state index contributed by atoms with van der Waals surface area (Å²) in [4.78, 5) is 82.8. The molecule has 0 spiro atoms. The largest absolute Gasteiger partial charge is 0.514 e. The number of para-hydroxylation sites is 1. The average molecular weight is 1140 g/mol. The van der Waals surface area contributed by atoms with E-state index in [0.717, 1.165) is 44.5 Å². The number of fused-ring (bicyclic) bond motifs is 1. The molecule has 1 saturated heterocycles. The summed E-state index contributed by atoms with van der Waals surface area (Å²) in [5.74, 6) is -4.64. The van der Waals surface area contributed by atoms with Gasteiger partial charge in [0.1, 0.15) is 17.6 Å². The zero-order valence-electron chi connectivity index (χ0n) is 44.1. The number of hydrogen-bond donors (Lipinski definition) is 1. The Kier molecular flexibility index (Phi) is 18.4. The number of benzene rings is 2. The summed E-state index contributed by atoms with van der Waals surface area (Å²) in [6.07, 6.45) is -10.0. The second-order valence-corrected chi connectivity index (χ2v) is 23.5. The molecular weight excluding hydrogens is 1070 g/mol. The number of esters is 1. The van der Waals surface area contributed by atoms with Crippen LogP contribution in [0.4, 0.5) is 36.8 Å². The van der Waals surface area contributed by atoms with Crippen molar-refractivity contribution in [2.45, 2.75) is 168 Å². The van der Waals surface area contributed by atoms with Crippen molar-refractivity contribution in [3.63, 3.8) is 0 Å². The Labute approximate surface area is 446 Å². The van der Waals surface area contributed by atoms with E-state index in [0.29, 0.717) is 66.9 Å². The summed E-state index contributed by atoms with van der Waals surface area (Å²) >= 11 is 6.53. The molecule has 1 aliphatic heterocycles. The van der Waals surface area contributed by atoms with Crippen molar-refractivity contribution in [2.24, 2.45) is 22.7 Å². The lowest BCUT2D eigenvalue weighted by Crippen LogP contribution is -2.49. The molecule has 6 rings (SSSR count). The number of aromatic nitrogens is 1. The number of halogens is 7. The van der Waals surface area contributed by atoms with Crippen LogP contribution < -0.4 is 14.2 Å². The van der Waals surface area contributed by atoms with E-state index in [1.165, 1.54) is 4.90 Å². The van der Waals surface area contributed by atoms with Gasteiger partial charge >= 0.3 is 34.8 Å². The summed E-state index contributed by atoms with van der Waals surface area (Å²) in [6.45, 7) is 13.0. The topological polar surface area (TPSA) is 237 Å². The highest BCUT2D eigenvalue weighted by molar-refractivity contribution is 7.85. The standard InChI is InChI=1S/C40H53ClF3N3O9S.C11H10F3NO5/c1-9-12-24-17-31(26-13-11-14-28(41)33(26)45-24)54-25-18-29(30(48)21-39(20-23(39)10-2)35(51)46-57(52,53)56-38(8)15-16-38)47(22-25)34(50)27(36(3,4)5)19-32(49)55-37(6,7)40(42,43)44;1-10(2,11(12,13)14)20-9(16)19-8-5-3-7(4-6-8)15(17)18/h11,13-14,17,23,25,27,29H,9-10,12,15-16,18-22H2,1-8H3,(H,46,51);3-6H,1-2H3/t23-,25-,27-,29+,39-;/m1./s1. The maximum absolute atomic E-state index is 14.6. The molecule has 26 heteroatoms. The van der Waals surface area contributed by atoms with Crippen LogP contribution in [0.25, 0.3) is 10.9 Å². The molecule has 0 unspecified atom stereocenters. The van der Waals surface area contributed by atoms with E-state index in [9.17, 15) is 68.8 Å². The molecule has 0 bridgehead atoms. The van der Waals surface area contributed by atoms with Crippen molar-refractivity contribution >= 4 is 68.2 Å². The van der Waals surface area contributed by atoms with Crippen LogP contribution in [0.3, 0.4) is 0 Å². The van der Waals surface area contributed by atoms with Crippen LogP contribution in [-0.4, -0.2) is 101 Å². The number of hydrogen-bond acceptors (Lipinski definition) is 15. The second kappa shape index (κ2) is 22.9. The molecule has 77 heavy (non-hydrogen) atoms. The lowest BCUT2D eigenvalue weighted by molar-refractivity contribution is -0.384. The molecule has 2 heterocycles. The number of nitrogens with one attached hydrogen (secondary N) is 1. The fraction of sp³-hybridized carbons (Fsp3) is 0.608. The number of carbonyl (C=O) groups excluding carboxylic acids is 5. The number of pyridine rings is 1. The normalized spacial score (nSPS) is 20.7. The number of nitro benzene ring substituents is 1. The Morgan fingerprint density at radius 1 is 0.922 bits per heavy atom. The number of nitrogens with zero attached hydrogens (tertiary/aromatic N) is 3. The van der Waals surface area contributed by atoms with E-state index in [-0.39, 0.29) is 36.7 Å². The van der Waals surface area contributed by atoms with E-state index < -0.39 is 116 Å². The molecular formula is C51H63ClF6N4O14S. The molecule has 2 aromatic carbocycles. The first-order chi connectivity index (χ1) is 35.3. The molecule has 2 saturated carbocycles. The highest BCUT2D eigenvalue weighted by Gasteiger charge is 2.62. The zero-order valence-corrected chi connectivity index (χ0v) is 45.7. The van der Waals surface area contributed by atoms with Gasteiger partial charge in [-0.2, -0.15) is 34.8 Å². The first-order valence-corrected chi connectivity index (χ1v) is 26.4. The van der Waals surface area contributed by atoms with Gasteiger partial charge in [0.05, 0.1) is 51.4 Å². The molecule has 3 fully saturated rings. The minimum Gasteiger partial charge on any atom is -0.488 e. The number of carbonyl (C=O) groups is 5. The van der Waals surface area contributed by atoms with Crippen molar-refractivity contribution in [1.29, 1.82) is 0 Å². The maximum Gasteiger partial charge on any atom is 0.514 e. The number of rotatable bonds is 19. The van der Waals surface area contributed by atoms with Crippen LogP contribution in [0, 0.1) is 32.8 Å². The predicted molar refractivity (Wildman–Crippen MR) is 266 cm³/mol. The van der Waals surface area contributed by atoms with Crippen molar-refractivity contribution in [3.05, 3.63) is 69.4 Å². The number of nitro groups is 1. The highest BCUT2D eigenvalue weighted by Crippen LogP contribution is 2.58. The Morgan fingerprint density at radius 2 is 1.52 bits per heavy atom. The molecule has 1 N–H and O–H groups in total. The van der Waals surface area contributed by atoms with Crippen LogP contribution in [0.1, 0.15) is 126 Å². The van der Waals surface area contributed by atoms with Crippen LogP contribution in [-0.2, 0) is 49.6 Å². The Bertz CT molecular complexity index is 2840. The number of Topliss-reactive ketones (excluding diaryl/α,β-unsaturated/α-hetero) is 1. The quantitative estimate of drug-likeness (QED) is 0.0386. The molecule has 18 nitrogen and oxygen atoms in total. The third-order valence-corrected chi connectivity index (χ3v) is 15.1. The molecule has 426 valence electrons. The number of ketones is 1. The van der Waals surface area contributed by atoms with Crippen LogP contribution in [0.15, 0.2) is 48.5 Å². The van der Waals surface area contributed by atoms with E-state index in [1.807, 2.05) is 18.6 Å². The minimum absolute atomic E-state index is 0.0330. The van der Waals surface area contributed by atoms with Crippen LogP contribution in [0.2, 0.25) is 5.02 Å². The third-order valence-electron chi connectivity index (χ3n) is 13.7. The Hall–Kier alpha value is -5.82. The number of non-ortho nitro benzene ring substituents is 1. The number of alkyl halides is 6. The number of ether oxygens (including phenoxy) is 4. The van der Waals surface area contributed by atoms with E-state index in [2.05, 4.69) is 9.47 Å². The summed E-state index contributed by atoms with van der Waals surface area (Å²) < 4.78 is 131. The van der Waals surface area contributed by atoms with E-state index in [1.54, 1.807) is 52.0 Å². The predicted octanol–water partition coefficient (Wildman–Crippen LogP) is 10.9. The Balaban J connectivity index is 0.000000459. The molecule has 1 aromatic heterocycles. The van der Waals surface area contributed by atoms with Gasteiger partial charge in [0.2, 0.25) is 23.0 Å². The fourth-order valence-electron chi connectivity index (χ4n) is 8.54. The molecule has 5 atom stereocenters. The SMILES string of the molecule is CC(C)(OC(=O)Oc1ccc([N+](=O)[O-])cc1)C(F)(F)F.CCCc1cc(O[C@@H]2C[C@@H](C(=O)C[C@]3(C(=O)NS(=O)(=O)OC4(C)CC4)C[C@H]3CC)N(C(=O)[C@@H](CC(=O)OC(C)(C)C(F)(F)F)C(C)(C)C)C2)c2cccc(Cl)c2n1. The second-order valence-electron chi connectivity index (χ2n) is 21.8. The molecule has 3 aromatic rings. The number of likely N-dealkylation sites (tertiary alicyclic amines) is 1. The molecule has 3 aliphatic rings. The zero-order chi connectivity index (χ0) is 58.1. The van der Waals surface area contributed by atoms with E-state index in [4.69, 9.17) is 30.2 Å². The van der Waals surface area contributed by atoms with Gasteiger partial charge < -0.3 is 23.8 Å². The van der Waals surface area contributed by atoms with Crippen molar-refractivity contribution in [1.82, 2.24) is 14.6 Å². The molecule has 2 aliphatic carbocycles. The Morgan fingerprint density at radius 3 is 2.04 bits per heavy atom. The van der Waals surface area contributed by atoms with Gasteiger partial charge in [-0.05, 0) is 95.9 Å². The molecule has 0 radical (unpaired) electrons. The lowest BCUT2D eigenvalue weighted by atomic mass is 9.77. The van der Waals surface area contributed by atoms with Gasteiger partial charge in [0, 0.05) is 42.1 Å². The summed E-state index contributed by atoms with van der Waals surface area (Å²) in [5, 5.41) is 11.4. The van der Waals surface area contributed by atoms with Crippen molar-refractivity contribution in [2.75, 3.05) is 6.54 Å². The number of aryl methyl sites for hydroxylation is 1. The number of amides is 2. The van der Waals surface area contributed by atoms with Crippen molar-refractivity contribution in [3.8, 4) is 11.5 Å². The van der Waals surface area contributed by atoms with Crippen molar-refractivity contribution < 1.29 is 86.8 Å². The van der Waals surface area contributed by atoms with Crippen LogP contribution in [0.5, 0.6) is 11.5 Å². The minimum atomic E-state index is -4.87. The summed E-state index contributed by atoms with van der Waals surface area (Å²) in [7, 11) is -4.49. The van der Waals surface area contributed by atoms with E-state index >= 15 is 0 Å². The first-order valence-electron chi connectivity index (χ1n) is 24.6. The third kappa shape index (κ3) is 15.5. The maximum atomic E-state index is 14.6.